The van der Waals surface area contributed by atoms with Crippen molar-refractivity contribution >= 4 is 11.8 Å². The Kier molecular flexibility index (Phi) is 5.89. The lowest BCUT2D eigenvalue weighted by molar-refractivity contribution is -0.136. The Labute approximate surface area is 187 Å². The second kappa shape index (κ2) is 8.96. The van der Waals surface area contributed by atoms with Crippen molar-refractivity contribution in [2.24, 2.45) is 11.8 Å². The van der Waals surface area contributed by atoms with Crippen molar-refractivity contribution in [2.45, 2.75) is 63.5 Å². The molecule has 1 aliphatic carbocycles. The molecule has 0 radical (unpaired) electrons. The minimum Gasteiger partial charge on any atom is -0.469 e. The van der Waals surface area contributed by atoms with Gasteiger partial charge in [0, 0.05) is 62.6 Å². The maximum atomic E-state index is 12.9. The van der Waals surface area contributed by atoms with Gasteiger partial charge < -0.3 is 19.2 Å². The van der Waals surface area contributed by atoms with E-state index in [0.29, 0.717) is 31.5 Å². The van der Waals surface area contributed by atoms with Crippen molar-refractivity contribution < 1.29 is 14.0 Å². The number of amides is 2. The molecule has 1 saturated heterocycles. The van der Waals surface area contributed by atoms with Gasteiger partial charge in [-0.3, -0.25) is 14.4 Å². The second-order valence-electron chi connectivity index (χ2n) is 9.65. The molecular formula is C25H31N3O4. The molecule has 7 heteroatoms. The van der Waals surface area contributed by atoms with Crippen molar-refractivity contribution in [3.63, 3.8) is 0 Å². The third-order valence-corrected chi connectivity index (χ3v) is 7.45. The van der Waals surface area contributed by atoms with Gasteiger partial charge in [-0.05, 0) is 49.3 Å². The zero-order chi connectivity index (χ0) is 22.1. The van der Waals surface area contributed by atoms with Gasteiger partial charge in [-0.2, -0.15) is 0 Å². The third kappa shape index (κ3) is 4.38. The highest BCUT2D eigenvalue weighted by Gasteiger charge is 2.36. The predicted octanol–water partition coefficient (Wildman–Crippen LogP) is 2.69. The largest absolute Gasteiger partial charge is 0.469 e. The van der Waals surface area contributed by atoms with E-state index in [1.165, 1.54) is 0 Å². The van der Waals surface area contributed by atoms with Crippen LogP contribution in [0.4, 0.5) is 0 Å². The Bertz CT molecular complexity index is 1030. The van der Waals surface area contributed by atoms with Gasteiger partial charge in [0.15, 0.2) is 0 Å². The number of hydrogen-bond acceptors (Lipinski definition) is 4. The highest BCUT2D eigenvalue weighted by Crippen LogP contribution is 2.35. The summed E-state index contributed by atoms with van der Waals surface area (Å²) in [6.07, 6.45) is 7.20. The van der Waals surface area contributed by atoms with Crippen LogP contribution in [-0.2, 0) is 22.6 Å². The van der Waals surface area contributed by atoms with E-state index in [1.54, 1.807) is 12.3 Å². The molecule has 2 aromatic rings. The fraction of sp³-hybridized carbons (Fsp3) is 0.560. The van der Waals surface area contributed by atoms with E-state index in [0.717, 1.165) is 43.6 Å². The van der Waals surface area contributed by atoms with Crippen molar-refractivity contribution in [3.05, 3.63) is 58.4 Å². The first-order valence-electron chi connectivity index (χ1n) is 11.9. The lowest BCUT2D eigenvalue weighted by atomic mass is 9.83. The van der Waals surface area contributed by atoms with Gasteiger partial charge in [0.1, 0.15) is 5.76 Å². The van der Waals surface area contributed by atoms with Crippen LogP contribution < -0.4 is 10.9 Å². The van der Waals surface area contributed by atoms with Crippen molar-refractivity contribution in [1.82, 2.24) is 14.8 Å². The lowest BCUT2D eigenvalue weighted by Crippen LogP contribution is -2.49. The Morgan fingerprint density at radius 1 is 1.06 bits per heavy atom. The monoisotopic (exact) mass is 437 g/mol. The molecular weight excluding hydrogens is 406 g/mol. The van der Waals surface area contributed by atoms with Gasteiger partial charge in [0.2, 0.25) is 11.8 Å². The fourth-order valence-corrected chi connectivity index (χ4v) is 5.92. The van der Waals surface area contributed by atoms with Crippen LogP contribution >= 0.6 is 0 Å². The highest BCUT2D eigenvalue weighted by molar-refractivity contribution is 5.84. The van der Waals surface area contributed by atoms with E-state index >= 15 is 0 Å². The van der Waals surface area contributed by atoms with Crippen LogP contribution in [0.3, 0.4) is 0 Å². The van der Waals surface area contributed by atoms with Crippen molar-refractivity contribution in [2.75, 3.05) is 13.1 Å². The van der Waals surface area contributed by atoms with Gasteiger partial charge in [0.05, 0.1) is 6.26 Å². The Morgan fingerprint density at radius 3 is 2.81 bits per heavy atom. The first-order valence-corrected chi connectivity index (χ1v) is 11.9. The first-order chi connectivity index (χ1) is 15.6. The molecule has 5 rings (SSSR count). The smallest absolute Gasteiger partial charge is 0.250 e. The summed E-state index contributed by atoms with van der Waals surface area (Å²) in [4.78, 5) is 39.6. The second-order valence-corrected chi connectivity index (χ2v) is 9.65. The summed E-state index contributed by atoms with van der Waals surface area (Å²) in [6.45, 7) is 1.98. The van der Waals surface area contributed by atoms with E-state index < -0.39 is 0 Å². The van der Waals surface area contributed by atoms with Gasteiger partial charge in [-0.1, -0.05) is 12.5 Å². The number of carbonyl (C=O) groups excluding carboxylic acids is 2. The molecule has 4 heterocycles. The Hall–Kier alpha value is -2.83. The number of furan rings is 1. The number of carbonyl (C=O) groups is 2. The summed E-state index contributed by atoms with van der Waals surface area (Å²) < 4.78 is 7.34. The summed E-state index contributed by atoms with van der Waals surface area (Å²) in [7, 11) is 0. The highest BCUT2D eigenvalue weighted by atomic mass is 16.3. The molecule has 3 aliphatic rings. The molecule has 4 atom stereocenters. The summed E-state index contributed by atoms with van der Waals surface area (Å²) in [6, 6.07) is 9.46. The van der Waals surface area contributed by atoms with Gasteiger partial charge in [0.25, 0.3) is 5.56 Å². The average Bonchev–Trinajstić information content (AvgIpc) is 3.45. The molecule has 1 N–H and O–H groups in total. The van der Waals surface area contributed by atoms with E-state index in [-0.39, 0.29) is 42.2 Å². The van der Waals surface area contributed by atoms with Crippen LogP contribution in [0, 0.1) is 11.8 Å². The number of hydrogen-bond donors (Lipinski definition) is 1. The molecule has 170 valence electrons. The average molecular weight is 438 g/mol. The summed E-state index contributed by atoms with van der Waals surface area (Å²) in [5.74, 6) is 1.87. The topological polar surface area (TPSA) is 84.5 Å². The number of likely N-dealkylation sites (tertiary alicyclic amines) is 1. The lowest BCUT2D eigenvalue weighted by Gasteiger charge is -2.42. The molecule has 2 aromatic heterocycles. The van der Waals surface area contributed by atoms with Crippen LogP contribution in [0.5, 0.6) is 0 Å². The first kappa shape index (κ1) is 21.0. The maximum Gasteiger partial charge on any atom is 0.250 e. The third-order valence-electron chi connectivity index (χ3n) is 7.45. The number of nitrogens with one attached hydrogen (secondary N) is 1. The predicted molar refractivity (Wildman–Crippen MR) is 119 cm³/mol. The van der Waals surface area contributed by atoms with E-state index in [1.807, 2.05) is 33.7 Å². The molecule has 2 aliphatic heterocycles. The fourth-order valence-electron chi connectivity index (χ4n) is 5.92. The van der Waals surface area contributed by atoms with Gasteiger partial charge in [-0.15, -0.1) is 0 Å². The van der Waals surface area contributed by atoms with E-state index in [9.17, 15) is 14.4 Å². The molecule has 2 fully saturated rings. The molecule has 2 amide bonds. The number of fused-ring (bicyclic) bond motifs is 4. The van der Waals surface area contributed by atoms with Crippen LogP contribution in [0.2, 0.25) is 0 Å². The zero-order valence-corrected chi connectivity index (χ0v) is 18.4. The molecule has 0 aromatic carbocycles. The Balaban J connectivity index is 1.13. The molecule has 32 heavy (non-hydrogen) atoms. The minimum atomic E-state index is -0.0382. The number of nitrogens with zero attached hydrogens (tertiary/aromatic N) is 2. The minimum absolute atomic E-state index is 0.0382. The maximum absolute atomic E-state index is 12.9. The summed E-state index contributed by atoms with van der Waals surface area (Å²) >= 11 is 0. The zero-order valence-electron chi connectivity index (χ0n) is 18.4. The van der Waals surface area contributed by atoms with Gasteiger partial charge >= 0.3 is 0 Å². The normalized spacial score (nSPS) is 26.6. The van der Waals surface area contributed by atoms with Crippen LogP contribution in [0.25, 0.3) is 0 Å². The van der Waals surface area contributed by atoms with Crippen molar-refractivity contribution in [3.8, 4) is 0 Å². The van der Waals surface area contributed by atoms with Crippen LogP contribution in [0.15, 0.2) is 45.8 Å². The number of pyridine rings is 1. The Morgan fingerprint density at radius 2 is 1.97 bits per heavy atom. The molecule has 1 saturated carbocycles. The standard InChI is InChI=1S/C25H31N3O4/c29-23(26-21-6-1-4-18(21)13-20-5-3-11-32-20)9-10-24(30)27-14-17-12-19(16-27)22-7-2-8-25(31)28(22)15-17/h2-3,5,7-8,11,17-19,21H,1,4,6,9-10,12-16H2,(H,26,29)/t17-,18-,19-,21-/m1/s1. The van der Waals surface area contributed by atoms with Crippen LogP contribution in [0.1, 0.15) is 55.9 Å². The summed E-state index contributed by atoms with van der Waals surface area (Å²) in [5, 5.41) is 3.17. The SMILES string of the molecule is O=C(CCC(=O)N1C[C@H]2C[C@H](C1)c1cccc(=O)n1C2)N[C@@H]1CCC[C@@H]1Cc1ccco1. The van der Waals surface area contributed by atoms with Gasteiger partial charge in [-0.25, -0.2) is 0 Å². The molecule has 0 unspecified atom stereocenters. The summed E-state index contributed by atoms with van der Waals surface area (Å²) in [5.41, 5.74) is 1.08. The van der Waals surface area contributed by atoms with E-state index in [2.05, 4.69) is 5.32 Å². The molecule has 2 bridgehead atoms. The number of rotatable bonds is 6. The number of aromatic nitrogens is 1. The quantitative estimate of drug-likeness (QED) is 0.753. The van der Waals surface area contributed by atoms with E-state index in [4.69, 9.17) is 4.42 Å². The molecule has 7 nitrogen and oxygen atoms in total. The number of piperidine rings is 1. The van der Waals surface area contributed by atoms with Crippen LogP contribution in [-0.4, -0.2) is 40.4 Å². The van der Waals surface area contributed by atoms with Crippen molar-refractivity contribution in [1.29, 1.82) is 0 Å². The molecule has 0 spiro atoms.